The van der Waals surface area contributed by atoms with Gasteiger partial charge in [0.25, 0.3) is 0 Å². The van der Waals surface area contributed by atoms with Crippen LogP contribution in [0.3, 0.4) is 0 Å². The standard InChI is InChI=1S/C13H15Cl2NO3S/c1-2-7-20(18,19)16-12(17)13(5-6-13)10-4-3-9(14)8-11(10)15/h3-4,8H,2,5-7H2,1H3,(H,16,17). The summed E-state index contributed by atoms with van der Waals surface area (Å²) in [7, 11) is -3.57. The third-order valence-electron chi connectivity index (χ3n) is 3.35. The van der Waals surface area contributed by atoms with Crippen LogP contribution in [0.1, 0.15) is 31.7 Å². The lowest BCUT2D eigenvalue weighted by atomic mass is 9.95. The Bertz CT molecular complexity index is 639. The Morgan fingerprint density at radius 3 is 2.50 bits per heavy atom. The Labute approximate surface area is 128 Å². The maximum absolute atomic E-state index is 12.3. The van der Waals surface area contributed by atoms with E-state index in [0.29, 0.717) is 34.9 Å². The molecule has 1 N–H and O–H groups in total. The van der Waals surface area contributed by atoms with Gasteiger partial charge in [0.2, 0.25) is 15.9 Å². The van der Waals surface area contributed by atoms with Gasteiger partial charge in [0.15, 0.2) is 0 Å². The molecule has 0 aliphatic heterocycles. The number of halogens is 2. The van der Waals surface area contributed by atoms with Gasteiger partial charge < -0.3 is 0 Å². The van der Waals surface area contributed by atoms with Crippen LogP contribution in [0.5, 0.6) is 0 Å². The van der Waals surface area contributed by atoms with Crippen molar-refractivity contribution in [2.75, 3.05) is 5.75 Å². The average molecular weight is 336 g/mol. The van der Waals surface area contributed by atoms with Crippen LogP contribution in [0.25, 0.3) is 0 Å². The summed E-state index contributed by atoms with van der Waals surface area (Å²) in [6.07, 6.45) is 1.63. The molecule has 1 aromatic carbocycles. The largest absolute Gasteiger partial charge is 0.273 e. The second-order valence-corrected chi connectivity index (χ2v) is 7.64. The van der Waals surface area contributed by atoms with E-state index in [9.17, 15) is 13.2 Å². The first-order valence-corrected chi connectivity index (χ1v) is 8.72. The minimum absolute atomic E-state index is 0.0663. The molecule has 4 nitrogen and oxygen atoms in total. The fourth-order valence-electron chi connectivity index (χ4n) is 2.18. The molecule has 20 heavy (non-hydrogen) atoms. The monoisotopic (exact) mass is 335 g/mol. The van der Waals surface area contributed by atoms with Gasteiger partial charge in [-0.25, -0.2) is 8.42 Å². The molecule has 0 saturated heterocycles. The quantitative estimate of drug-likeness (QED) is 0.899. The number of carbonyl (C=O) groups excluding carboxylic acids is 1. The second-order valence-electron chi connectivity index (χ2n) is 4.96. The Balaban J connectivity index is 2.25. The smallest absolute Gasteiger partial charge is 0.244 e. The third-order valence-corrected chi connectivity index (χ3v) is 5.34. The lowest BCUT2D eigenvalue weighted by Crippen LogP contribution is -2.40. The lowest BCUT2D eigenvalue weighted by Gasteiger charge is -2.17. The molecule has 1 aromatic rings. The molecule has 1 aliphatic rings. The van der Waals surface area contributed by atoms with Crippen molar-refractivity contribution in [2.24, 2.45) is 0 Å². The zero-order chi connectivity index (χ0) is 15.0. The maximum atomic E-state index is 12.3. The molecular formula is C13H15Cl2NO3S. The van der Waals surface area contributed by atoms with Crippen molar-refractivity contribution >= 4 is 39.1 Å². The van der Waals surface area contributed by atoms with E-state index in [1.54, 1.807) is 25.1 Å². The fraction of sp³-hybridized carbons (Fsp3) is 0.462. The summed E-state index contributed by atoms with van der Waals surface area (Å²) in [5, 5.41) is 0.867. The van der Waals surface area contributed by atoms with Gasteiger partial charge in [-0.3, -0.25) is 9.52 Å². The highest BCUT2D eigenvalue weighted by Crippen LogP contribution is 2.51. The van der Waals surface area contributed by atoms with Crippen LogP contribution >= 0.6 is 23.2 Å². The Morgan fingerprint density at radius 1 is 1.35 bits per heavy atom. The van der Waals surface area contributed by atoms with Crippen molar-refractivity contribution in [3.05, 3.63) is 33.8 Å². The molecule has 1 saturated carbocycles. The van der Waals surface area contributed by atoms with Crippen LogP contribution in [-0.2, 0) is 20.2 Å². The zero-order valence-electron chi connectivity index (χ0n) is 10.9. The van der Waals surface area contributed by atoms with Crippen LogP contribution in [0.15, 0.2) is 18.2 Å². The van der Waals surface area contributed by atoms with Gasteiger partial charge in [-0.1, -0.05) is 36.2 Å². The SMILES string of the molecule is CCCS(=O)(=O)NC(=O)C1(c2ccc(Cl)cc2Cl)CC1. The van der Waals surface area contributed by atoms with E-state index in [0.717, 1.165) is 0 Å². The first kappa shape index (κ1) is 15.6. The van der Waals surface area contributed by atoms with Crippen molar-refractivity contribution in [3.8, 4) is 0 Å². The number of rotatable bonds is 5. The molecule has 0 radical (unpaired) electrons. The predicted molar refractivity (Wildman–Crippen MR) is 79.6 cm³/mol. The number of hydrogen-bond donors (Lipinski definition) is 1. The molecule has 0 heterocycles. The molecule has 1 amide bonds. The van der Waals surface area contributed by atoms with E-state index in [1.807, 2.05) is 0 Å². The summed E-state index contributed by atoms with van der Waals surface area (Å²) in [5.41, 5.74) is -0.199. The van der Waals surface area contributed by atoms with Crippen LogP contribution in [0.4, 0.5) is 0 Å². The first-order valence-electron chi connectivity index (χ1n) is 6.31. The van der Waals surface area contributed by atoms with Gasteiger partial charge in [0.05, 0.1) is 11.2 Å². The van der Waals surface area contributed by atoms with Gasteiger partial charge >= 0.3 is 0 Å². The lowest BCUT2D eigenvalue weighted by molar-refractivity contribution is -0.121. The molecule has 0 spiro atoms. The van der Waals surface area contributed by atoms with Crippen molar-refractivity contribution < 1.29 is 13.2 Å². The topological polar surface area (TPSA) is 63.2 Å². The van der Waals surface area contributed by atoms with Crippen molar-refractivity contribution in [1.29, 1.82) is 0 Å². The number of carbonyl (C=O) groups is 1. The second kappa shape index (κ2) is 5.54. The summed E-state index contributed by atoms with van der Waals surface area (Å²) in [4.78, 5) is 12.3. The number of nitrogens with one attached hydrogen (secondary N) is 1. The van der Waals surface area contributed by atoms with E-state index in [4.69, 9.17) is 23.2 Å². The molecule has 0 unspecified atom stereocenters. The van der Waals surface area contributed by atoms with E-state index in [1.165, 1.54) is 0 Å². The fourth-order valence-corrected chi connectivity index (χ4v) is 3.89. The summed E-state index contributed by atoms with van der Waals surface area (Å²) in [6.45, 7) is 1.74. The summed E-state index contributed by atoms with van der Waals surface area (Å²) in [5.74, 6) is -0.571. The predicted octanol–water partition coefficient (Wildman–Crippen LogP) is 2.88. The number of benzene rings is 1. The van der Waals surface area contributed by atoms with Crippen LogP contribution < -0.4 is 4.72 Å². The van der Waals surface area contributed by atoms with Gasteiger partial charge in [0.1, 0.15) is 0 Å². The van der Waals surface area contributed by atoms with Gasteiger partial charge in [-0.05, 0) is 37.0 Å². The number of sulfonamides is 1. The average Bonchev–Trinajstić information content (AvgIpc) is 3.09. The molecule has 1 fully saturated rings. The third kappa shape index (κ3) is 3.10. The minimum atomic E-state index is -3.57. The summed E-state index contributed by atoms with van der Waals surface area (Å²) >= 11 is 12.0. The van der Waals surface area contributed by atoms with E-state index in [-0.39, 0.29) is 5.75 Å². The highest BCUT2D eigenvalue weighted by atomic mass is 35.5. The Kier molecular flexibility index (Phi) is 4.33. The summed E-state index contributed by atoms with van der Waals surface area (Å²) in [6, 6.07) is 4.90. The highest BCUT2D eigenvalue weighted by Gasteiger charge is 2.53. The highest BCUT2D eigenvalue weighted by molar-refractivity contribution is 7.90. The molecule has 110 valence electrons. The van der Waals surface area contributed by atoms with Gasteiger partial charge in [-0.2, -0.15) is 0 Å². The molecule has 1 aliphatic carbocycles. The van der Waals surface area contributed by atoms with Crippen molar-refractivity contribution in [2.45, 2.75) is 31.6 Å². The first-order chi connectivity index (χ1) is 9.31. The van der Waals surface area contributed by atoms with E-state index < -0.39 is 21.3 Å². The Morgan fingerprint density at radius 2 is 2.00 bits per heavy atom. The van der Waals surface area contributed by atoms with Gasteiger partial charge in [-0.15, -0.1) is 0 Å². The number of hydrogen-bond acceptors (Lipinski definition) is 3. The van der Waals surface area contributed by atoms with Crippen LogP contribution in [0.2, 0.25) is 10.0 Å². The van der Waals surface area contributed by atoms with Crippen molar-refractivity contribution in [1.82, 2.24) is 4.72 Å². The molecule has 0 atom stereocenters. The molecular weight excluding hydrogens is 321 g/mol. The van der Waals surface area contributed by atoms with Crippen LogP contribution in [0, 0.1) is 0 Å². The number of amides is 1. The zero-order valence-corrected chi connectivity index (χ0v) is 13.3. The summed E-state index contributed by atoms with van der Waals surface area (Å²) < 4.78 is 25.5. The molecule has 7 heteroatoms. The molecule has 2 rings (SSSR count). The molecule has 0 bridgehead atoms. The van der Waals surface area contributed by atoms with Crippen LogP contribution in [-0.4, -0.2) is 20.1 Å². The Hall–Kier alpha value is -0.780. The van der Waals surface area contributed by atoms with E-state index in [2.05, 4.69) is 4.72 Å². The molecule has 0 aromatic heterocycles. The van der Waals surface area contributed by atoms with E-state index >= 15 is 0 Å². The normalized spacial score (nSPS) is 16.8. The minimum Gasteiger partial charge on any atom is -0.273 e. The van der Waals surface area contributed by atoms with Crippen molar-refractivity contribution in [3.63, 3.8) is 0 Å². The maximum Gasteiger partial charge on any atom is 0.244 e. The van der Waals surface area contributed by atoms with Gasteiger partial charge in [0, 0.05) is 10.0 Å².